The number of aryl methyl sites for hydroxylation is 1. The summed E-state index contributed by atoms with van der Waals surface area (Å²) in [6.45, 7) is 0. The van der Waals surface area contributed by atoms with Crippen LogP contribution in [-0.4, -0.2) is 5.88 Å². The maximum absolute atomic E-state index is 8.69. The molecule has 1 aromatic rings. The van der Waals surface area contributed by atoms with Crippen molar-refractivity contribution in [3.63, 3.8) is 0 Å². The molecule has 0 N–H and O–H groups in total. The maximum atomic E-state index is 8.69. The van der Waals surface area contributed by atoms with Crippen LogP contribution in [0, 0.1) is 17.2 Å². The van der Waals surface area contributed by atoms with Gasteiger partial charge in [0, 0.05) is 5.88 Å². The van der Waals surface area contributed by atoms with Gasteiger partial charge in [0.25, 0.3) is 0 Å². The Kier molecular flexibility index (Phi) is 5.11. The normalized spacial score (nSPS) is 12.0. The first-order valence-corrected chi connectivity index (χ1v) is 5.39. The Bertz CT molecular complexity index is 289. The first kappa shape index (κ1) is 11.1. The van der Waals surface area contributed by atoms with Gasteiger partial charge in [0.05, 0.1) is 12.0 Å². The third-order valence-electron chi connectivity index (χ3n) is 2.23. The lowest BCUT2D eigenvalue weighted by atomic mass is 10.0. The van der Waals surface area contributed by atoms with Gasteiger partial charge in [-0.15, -0.1) is 11.6 Å². The maximum Gasteiger partial charge on any atom is 0.0668 e. The lowest BCUT2D eigenvalue weighted by Gasteiger charge is -2.04. The van der Waals surface area contributed by atoms with E-state index in [2.05, 4.69) is 18.2 Å². The van der Waals surface area contributed by atoms with Crippen LogP contribution < -0.4 is 0 Å². The quantitative estimate of drug-likeness (QED) is 0.679. The molecule has 0 aliphatic carbocycles. The molecule has 0 bridgehead atoms. The van der Waals surface area contributed by atoms with Gasteiger partial charge in [-0.2, -0.15) is 5.26 Å². The molecule has 1 aromatic carbocycles. The van der Waals surface area contributed by atoms with Crippen LogP contribution in [0.4, 0.5) is 0 Å². The molecule has 1 unspecified atom stereocenters. The smallest absolute Gasteiger partial charge is 0.0668 e. The van der Waals surface area contributed by atoms with Crippen molar-refractivity contribution >= 4 is 11.6 Å². The summed E-state index contributed by atoms with van der Waals surface area (Å²) >= 11 is 5.63. The minimum Gasteiger partial charge on any atom is -0.198 e. The molecule has 14 heavy (non-hydrogen) atoms. The van der Waals surface area contributed by atoms with Gasteiger partial charge in [-0.3, -0.25) is 0 Å². The largest absolute Gasteiger partial charge is 0.198 e. The van der Waals surface area contributed by atoms with Crippen LogP contribution >= 0.6 is 11.6 Å². The number of hydrogen-bond donors (Lipinski definition) is 0. The fraction of sp³-hybridized carbons (Fsp3) is 0.417. The van der Waals surface area contributed by atoms with Crippen LogP contribution in [0.25, 0.3) is 0 Å². The molecule has 0 radical (unpaired) electrons. The van der Waals surface area contributed by atoms with E-state index in [0.29, 0.717) is 5.88 Å². The lowest BCUT2D eigenvalue weighted by Crippen LogP contribution is -1.99. The van der Waals surface area contributed by atoms with Crippen molar-refractivity contribution in [3.05, 3.63) is 35.9 Å². The average molecular weight is 208 g/mol. The van der Waals surface area contributed by atoms with Gasteiger partial charge in [0.1, 0.15) is 0 Å². The zero-order chi connectivity index (χ0) is 10.2. The SMILES string of the molecule is N#CC(CCl)CCCc1ccccc1. The number of nitrogens with zero attached hydrogens (tertiary/aromatic N) is 1. The van der Waals surface area contributed by atoms with Crippen molar-refractivity contribution in [1.29, 1.82) is 5.26 Å². The van der Waals surface area contributed by atoms with Crippen LogP contribution in [-0.2, 0) is 6.42 Å². The number of benzene rings is 1. The minimum absolute atomic E-state index is 0.0142. The molecule has 74 valence electrons. The van der Waals surface area contributed by atoms with Crippen molar-refractivity contribution in [1.82, 2.24) is 0 Å². The van der Waals surface area contributed by atoms with Crippen molar-refractivity contribution < 1.29 is 0 Å². The molecule has 1 nitrogen and oxygen atoms in total. The Hall–Kier alpha value is -1.00. The van der Waals surface area contributed by atoms with E-state index in [1.54, 1.807) is 0 Å². The summed E-state index contributed by atoms with van der Waals surface area (Å²) in [5, 5.41) is 8.69. The molecular weight excluding hydrogens is 194 g/mol. The van der Waals surface area contributed by atoms with Crippen LogP contribution in [0.2, 0.25) is 0 Å². The van der Waals surface area contributed by atoms with Crippen LogP contribution in [0.1, 0.15) is 18.4 Å². The molecule has 0 saturated heterocycles. The Morgan fingerprint density at radius 2 is 2.00 bits per heavy atom. The van der Waals surface area contributed by atoms with Gasteiger partial charge in [0.2, 0.25) is 0 Å². The second kappa shape index (κ2) is 6.45. The highest BCUT2D eigenvalue weighted by molar-refractivity contribution is 6.18. The van der Waals surface area contributed by atoms with E-state index in [4.69, 9.17) is 16.9 Å². The number of rotatable bonds is 5. The van der Waals surface area contributed by atoms with Gasteiger partial charge in [-0.25, -0.2) is 0 Å². The molecule has 0 aliphatic rings. The van der Waals surface area contributed by atoms with E-state index >= 15 is 0 Å². The highest BCUT2D eigenvalue weighted by atomic mass is 35.5. The monoisotopic (exact) mass is 207 g/mol. The molecule has 0 fully saturated rings. The molecule has 0 saturated carbocycles. The third kappa shape index (κ3) is 3.81. The van der Waals surface area contributed by atoms with E-state index in [1.165, 1.54) is 5.56 Å². The Morgan fingerprint density at radius 3 is 2.57 bits per heavy atom. The predicted molar refractivity (Wildman–Crippen MR) is 59.2 cm³/mol. The number of alkyl halides is 1. The third-order valence-corrected chi connectivity index (χ3v) is 2.60. The van der Waals surface area contributed by atoms with E-state index in [1.807, 2.05) is 18.2 Å². The fourth-order valence-electron chi connectivity index (χ4n) is 1.37. The summed E-state index contributed by atoms with van der Waals surface area (Å²) in [7, 11) is 0. The van der Waals surface area contributed by atoms with Crippen molar-refractivity contribution in [3.8, 4) is 6.07 Å². The molecule has 0 amide bonds. The van der Waals surface area contributed by atoms with Crippen LogP contribution in [0.15, 0.2) is 30.3 Å². The second-order valence-electron chi connectivity index (χ2n) is 3.36. The Labute approximate surface area is 90.3 Å². The van der Waals surface area contributed by atoms with Gasteiger partial charge in [0.15, 0.2) is 0 Å². The molecule has 0 heterocycles. The molecule has 0 spiro atoms. The first-order valence-electron chi connectivity index (χ1n) is 4.86. The molecule has 1 rings (SSSR count). The highest BCUT2D eigenvalue weighted by Gasteiger charge is 2.04. The molecule has 2 heteroatoms. The fourth-order valence-corrected chi connectivity index (χ4v) is 1.60. The lowest BCUT2D eigenvalue weighted by molar-refractivity contribution is 0.621. The Balaban J connectivity index is 2.26. The minimum atomic E-state index is 0.0142. The zero-order valence-electron chi connectivity index (χ0n) is 8.12. The Morgan fingerprint density at radius 1 is 1.29 bits per heavy atom. The molecule has 0 aromatic heterocycles. The van der Waals surface area contributed by atoms with Gasteiger partial charge >= 0.3 is 0 Å². The summed E-state index contributed by atoms with van der Waals surface area (Å²) < 4.78 is 0. The second-order valence-corrected chi connectivity index (χ2v) is 3.67. The summed E-state index contributed by atoms with van der Waals surface area (Å²) in [5.74, 6) is 0.464. The standard InChI is InChI=1S/C12H14ClN/c13-9-12(10-14)8-4-7-11-5-2-1-3-6-11/h1-3,5-6,12H,4,7-9H2. The van der Waals surface area contributed by atoms with Crippen molar-refractivity contribution in [2.24, 2.45) is 5.92 Å². The number of halogens is 1. The highest BCUT2D eigenvalue weighted by Crippen LogP contribution is 2.11. The van der Waals surface area contributed by atoms with Crippen LogP contribution in [0.3, 0.4) is 0 Å². The molecule has 1 atom stereocenters. The van der Waals surface area contributed by atoms with Crippen molar-refractivity contribution in [2.75, 3.05) is 5.88 Å². The summed E-state index contributed by atoms with van der Waals surface area (Å²) in [6.07, 6.45) is 2.97. The van der Waals surface area contributed by atoms with Gasteiger partial charge in [-0.1, -0.05) is 30.3 Å². The van der Waals surface area contributed by atoms with Crippen molar-refractivity contribution in [2.45, 2.75) is 19.3 Å². The zero-order valence-corrected chi connectivity index (χ0v) is 8.87. The molecule has 0 aliphatic heterocycles. The summed E-state index contributed by atoms with van der Waals surface area (Å²) in [6, 6.07) is 12.5. The van der Waals surface area contributed by atoms with E-state index in [9.17, 15) is 0 Å². The summed E-state index contributed by atoms with van der Waals surface area (Å²) in [4.78, 5) is 0. The topological polar surface area (TPSA) is 23.8 Å². The van der Waals surface area contributed by atoms with E-state index < -0.39 is 0 Å². The number of hydrogen-bond acceptors (Lipinski definition) is 1. The van der Waals surface area contributed by atoms with E-state index in [-0.39, 0.29) is 5.92 Å². The van der Waals surface area contributed by atoms with Gasteiger partial charge < -0.3 is 0 Å². The first-order chi connectivity index (χ1) is 6.86. The van der Waals surface area contributed by atoms with E-state index in [0.717, 1.165) is 19.3 Å². The predicted octanol–water partition coefficient (Wildman–Crippen LogP) is 3.39. The number of nitriles is 1. The average Bonchev–Trinajstić information content (AvgIpc) is 2.26. The van der Waals surface area contributed by atoms with Crippen LogP contribution in [0.5, 0.6) is 0 Å². The summed E-state index contributed by atoms with van der Waals surface area (Å²) in [5.41, 5.74) is 1.33. The molecular formula is C12H14ClN. The van der Waals surface area contributed by atoms with Gasteiger partial charge in [-0.05, 0) is 24.8 Å².